The highest BCUT2D eigenvalue weighted by molar-refractivity contribution is 5.65. The predicted octanol–water partition coefficient (Wildman–Crippen LogP) is 5.73. The van der Waals surface area contributed by atoms with Crippen LogP contribution in [-0.4, -0.2) is 38.5 Å². The van der Waals surface area contributed by atoms with Crippen molar-refractivity contribution in [1.82, 2.24) is 14.7 Å². The molecule has 2 aromatic carbocycles. The number of rotatable bonds is 11. The second kappa shape index (κ2) is 11.1. The molecule has 0 aliphatic carbocycles. The lowest BCUT2D eigenvalue weighted by molar-refractivity contribution is 0.0851. The number of nitrogens with zero attached hydrogens (tertiary/aromatic N) is 3. The van der Waals surface area contributed by atoms with E-state index in [0.29, 0.717) is 19.5 Å². The summed E-state index contributed by atoms with van der Waals surface area (Å²) in [6.45, 7) is 11.3. The van der Waals surface area contributed by atoms with Gasteiger partial charge in [0.1, 0.15) is 11.4 Å². The monoisotopic (exact) mass is 433 g/mol. The summed E-state index contributed by atoms with van der Waals surface area (Å²) in [5.41, 5.74) is 4.11. The molecule has 1 heterocycles. The van der Waals surface area contributed by atoms with Crippen molar-refractivity contribution in [3.05, 3.63) is 78.4 Å². The normalized spacial score (nSPS) is 12.3. The maximum absolute atomic E-state index is 10.6. The van der Waals surface area contributed by atoms with E-state index in [4.69, 9.17) is 9.84 Å². The average molecular weight is 434 g/mol. The summed E-state index contributed by atoms with van der Waals surface area (Å²) >= 11 is 0. The topological polar surface area (TPSA) is 50.5 Å². The Morgan fingerprint density at radius 3 is 2.56 bits per heavy atom. The molecule has 5 heteroatoms. The van der Waals surface area contributed by atoms with Crippen molar-refractivity contribution in [3.8, 4) is 22.9 Å². The minimum Gasteiger partial charge on any atom is -0.439 e. The molecule has 0 amide bonds. The number of aromatic nitrogens is 2. The second-order valence-corrected chi connectivity index (χ2v) is 8.58. The van der Waals surface area contributed by atoms with E-state index in [1.54, 1.807) is 0 Å². The van der Waals surface area contributed by atoms with Crippen LogP contribution in [0.5, 0.6) is 11.6 Å². The zero-order valence-corrected chi connectivity index (χ0v) is 19.7. The molecule has 0 spiro atoms. The van der Waals surface area contributed by atoms with Crippen molar-refractivity contribution in [2.24, 2.45) is 7.05 Å². The van der Waals surface area contributed by atoms with Crippen molar-refractivity contribution >= 4 is 0 Å². The molecule has 3 rings (SSSR count). The van der Waals surface area contributed by atoms with Gasteiger partial charge in [-0.1, -0.05) is 48.5 Å². The highest BCUT2D eigenvalue weighted by Gasteiger charge is 2.24. The Morgan fingerprint density at radius 1 is 1.16 bits per heavy atom. The summed E-state index contributed by atoms with van der Waals surface area (Å²) in [7, 11) is 1.92. The Balaban J connectivity index is 1.99. The number of hydrogen-bond donors (Lipinski definition) is 1. The van der Waals surface area contributed by atoms with E-state index in [0.717, 1.165) is 40.4 Å². The SMILES string of the molecule is C=CCCC(O)CN(Cc1c(-c2ccccc2)nn(C)c1Oc1cccc(C)c1)C(C)C. The standard InChI is InChI=1S/C27H35N3O2/c1-6-7-15-23(31)18-30(20(2)3)19-25-26(22-13-9-8-10-14-22)28-29(5)27(25)32-24-16-11-12-21(4)17-24/h6,8-14,16-17,20,23,31H,1,7,15,18-19H2,2-5H3. The average Bonchev–Trinajstić information content (AvgIpc) is 3.07. The maximum Gasteiger partial charge on any atom is 0.222 e. The van der Waals surface area contributed by atoms with Gasteiger partial charge in [-0.3, -0.25) is 4.90 Å². The van der Waals surface area contributed by atoms with Crippen LogP contribution < -0.4 is 4.74 Å². The van der Waals surface area contributed by atoms with Gasteiger partial charge in [-0.15, -0.1) is 6.58 Å². The molecule has 0 saturated carbocycles. The number of hydrogen-bond acceptors (Lipinski definition) is 4. The Hall–Kier alpha value is -2.89. The van der Waals surface area contributed by atoms with Crippen LogP contribution >= 0.6 is 0 Å². The van der Waals surface area contributed by atoms with Crippen LogP contribution in [0.3, 0.4) is 0 Å². The molecule has 1 aromatic heterocycles. The molecule has 1 unspecified atom stereocenters. The van der Waals surface area contributed by atoms with Crippen LogP contribution in [0, 0.1) is 6.92 Å². The quantitative estimate of drug-likeness (QED) is 0.393. The number of allylic oxidation sites excluding steroid dienone is 1. The minimum absolute atomic E-state index is 0.254. The predicted molar refractivity (Wildman–Crippen MR) is 131 cm³/mol. The minimum atomic E-state index is -0.409. The molecule has 1 atom stereocenters. The first-order chi connectivity index (χ1) is 15.4. The van der Waals surface area contributed by atoms with Gasteiger partial charge >= 0.3 is 0 Å². The van der Waals surface area contributed by atoms with Crippen LogP contribution in [-0.2, 0) is 13.6 Å². The molecule has 0 aliphatic rings. The van der Waals surface area contributed by atoms with E-state index in [1.165, 1.54) is 0 Å². The summed E-state index contributed by atoms with van der Waals surface area (Å²) in [4.78, 5) is 2.28. The molecule has 0 aliphatic heterocycles. The largest absolute Gasteiger partial charge is 0.439 e. The number of ether oxygens (including phenoxy) is 1. The molecule has 0 fully saturated rings. The van der Waals surface area contributed by atoms with Crippen molar-refractivity contribution < 1.29 is 9.84 Å². The number of aliphatic hydroxyl groups excluding tert-OH is 1. The van der Waals surface area contributed by atoms with E-state index >= 15 is 0 Å². The Bertz CT molecular complexity index is 1010. The van der Waals surface area contributed by atoms with E-state index in [9.17, 15) is 5.11 Å². The molecular formula is C27H35N3O2. The van der Waals surface area contributed by atoms with Gasteiger partial charge in [-0.2, -0.15) is 5.10 Å². The van der Waals surface area contributed by atoms with Gasteiger partial charge in [0.05, 0.1) is 11.7 Å². The number of aryl methyl sites for hydroxylation is 2. The molecule has 170 valence electrons. The van der Waals surface area contributed by atoms with Crippen molar-refractivity contribution in [3.63, 3.8) is 0 Å². The summed E-state index contributed by atoms with van der Waals surface area (Å²) in [5, 5.41) is 15.4. The third kappa shape index (κ3) is 6.09. The van der Waals surface area contributed by atoms with Gasteiger partial charge in [0.15, 0.2) is 0 Å². The van der Waals surface area contributed by atoms with E-state index in [2.05, 4.69) is 50.4 Å². The first-order valence-corrected chi connectivity index (χ1v) is 11.3. The fourth-order valence-electron chi connectivity index (χ4n) is 3.77. The zero-order chi connectivity index (χ0) is 23.1. The molecular weight excluding hydrogens is 398 g/mol. The number of aliphatic hydroxyl groups is 1. The van der Waals surface area contributed by atoms with Crippen LogP contribution in [0.4, 0.5) is 0 Å². The van der Waals surface area contributed by atoms with Crippen molar-refractivity contribution in [2.45, 2.75) is 52.3 Å². The van der Waals surface area contributed by atoms with Gasteiger partial charge < -0.3 is 9.84 Å². The van der Waals surface area contributed by atoms with Crippen LogP contribution in [0.15, 0.2) is 67.3 Å². The van der Waals surface area contributed by atoms with Gasteiger partial charge in [-0.25, -0.2) is 4.68 Å². The van der Waals surface area contributed by atoms with Gasteiger partial charge in [0.2, 0.25) is 5.88 Å². The first-order valence-electron chi connectivity index (χ1n) is 11.3. The second-order valence-electron chi connectivity index (χ2n) is 8.58. The Labute approximate surface area is 192 Å². The molecule has 32 heavy (non-hydrogen) atoms. The molecule has 0 radical (unpaired) electrons. The lowest BCUT2D eigenvalue weighted by Gasteiger charge is -2.29. The van der Waals surface area contributed by atoms with Gasteiger partial charge in [0, 0.05) is 31.7 Å². The van der Waals surface area contributed by atoms with E-state index in [-0.39, 0.29) is 6.04 Å². The molecule has 0 bridgehead atoms. The highest BCUT2D eigenvalue weighted by atomic mass is 16.5. The summed E-state index contributed by atoms with van der Waals surface area (Å²) < 4.78 is 8.18. The fourth-order valence-corrected chi connectivity index (χ4v) is 3.77. The lowest BCUT2D eigenvalue weighted by atomic mass is 10.1. The lowest BCUT2D eigenvalue weighted by Crippen LogP contribution is -2.37. The van der Waals surface area contributed by atoms with E-state index < -0.39 is 6.10 Å². The maximum atomic E-state index is 10.6. The van der Waals surface area contributed by atoms with Crippen molar-refractivity contribution in [2.75, 3.05) is 6.54 Å². The van der Waals surface area contributed by atoms with Gasteiger partial charge in [0.25, 0.3) is 0 Å². The first kappa shape index (κ1) is 23.8. The van der Waals surface area contributed by atoms with Crippen LogP contribution in [0.2, 0.25) is 0 Å². The Morgan fingerprint density at radius 2 is 1.91 bits per heavy atom. The van der Waals surface area contributed by atoms with Crippen molar-refractivity contribution in [1.29, 1.82) is 0 Å². The zero-order valence-electron chi connectivity index (χ0n) is 19.7. The smallest absolute Gasteiger partial charge is 0.222 e. The van der Waals surface area contributed by atoms with E-state index in [1.807, 2.05) is 54.2 Å². The number of benzene rings is 2. The van der Waals surface area contributed by atoms with Crippen LogP contribution in [0.25, 0.3) is 11.3 Å². The summed E-state index contributed by atoms with van der Waals surface area (Å²) in [6.07, 6.45) is 2.95. The molecule has 1 N–H and O–H groups in total. The fraction of sp³-hybridized carbons (Fsp3) is 0.370. The van der Waals surface area contributed by atoms with Gasteiger partial charge in [-0.05, 0) is 51.3 Å². The van der Waals surface area contributed by atoms with Crippen LogP contribution in [0.1, 0.15) is 37.8 Å². The third-order valence-corrected chi connectivity index (χ3v) is 5.58. The summed E-state index contributed by atoms with van der Waals surface area (Å²) in [5.74, 6) is 1.51. The molecule has 5 nitrogen and oxygen atoms in total. The highest BCUT2D eigenvalue weighted by Crippen LogP contribution is 2.34. The third-order valence-electron chi connectivity index (χ3n) is 5.58. The summed E-state index contributed by atoms with van der Waals surface area (Å²) in [6, 6.07) is 18.5. The molecule has 0 saturated heterocycles. The molecule has 3 aromatic rings. The Kier molecular flexibility index (Phi) is 8.26.